The number of nitrogens with zero attached hydrogens (tertiary/aromatic N) is 1. The van der Waals surface area contributed by atoms with Gasteiger partial charge in [-0.25, -0.2) is 4.79 Å². The number of benzene rings is 1. The van der Waals surface area contributed by atoms with Crippen molar-refractivity contribution in [2.24, 2.45) is 11.8 Å². The molecule has 0 saturated heterocycles. The molecule has 5 heteroatoms. The van der Waals surface area contributed by atoms with Crippen molar-refractivity contribution in [1.82, 2.24) is 4.90 Å². The standard InChI is InChI=1S/C26H43NO3Si/c1-8-12-24(27(25(28)29-5)19-21-13-10-9-11-14-21)23-17-15-22(16-18-23)20-30-31(6,7)26(2,3)4/h8-11,13-14,22-24H,1,12,15-20H2,2-7H3/t22?,23?,24-/m1/s1. The van der Waals surface area contributed by atoms with E-state index in [0.29, 0.717) is 18.4 Å². The van der Waals surface area contributed by atoms with Crippen LogP contribution in [0.1, 0.15) is 58.4 Å². The van der Waals surface area contributed by atoms with Gasteiger partial charge in [0, 0.05) is 19.2 Å². The number of methoxy groups -OCH3 is 1. The zero-order valence-electron chi connectivity index (χ0n) is 20.5. The molecule has 0 bridgehead atoms. The Morgan fingerprint density at radius 2 is 1.81 bits per heavy atom. The van der Waals surface area contributed by atoms with Gasteiger partial charge in [0.05, 0.1) is 7.11 Å². The van der Waals surface area contributed by atoms with Crippen molar-refractivity contribution in [3.05, 3.63) is 48.6 Å². The summed E-state index contributed by atoms with van der Waals surface area (Å²) in [6.07, 6.45) is 7.04. The van der Waals surface area contributed by atoms with Gasteiger partial charge < -0.3 is 14.1 Å². The van der Waals surface area contributed by atoms with E-state index >= 15 is 0 Å². The average Bonchev–Trinajstić information content (AvgIpc) is 2.74. The third-order valence-corrected chi connectivity index (χ3v) is 11.8. The Hall–Kier alpha value is -1.59. The van der Waals surface area contributed by atoms with E-state index in [1.807, 2.05) is 29.2 Å². The van der Waals surface area contributed by atoms with Crippen LogP contribution in [0.3, 0.4) is 0 Å². The van der Waals surface area contributed by atoms with Gasteiger partial charge in [0.15, 0.2) is 8.32 Å². The summed E-state index contributed by atoms with van der Waals surface area (Å²) in [5, 5.41) is 0.248. The quantitative estimate of drug-likeness (QED) is 0.302. The van der Waals surface area contributed by atoms with Gasteiger partial charge >= 0.3 is 6.09 Å². The molecule has 31 heavy (non-hydrogen) atoms. The maximum absolute atomic E-state index is 12.7. The number of carbonyl (C=O) groups is 1. The van der Waals surface area contributed by atoms with E-state index in [1.54, 1.807) is 0 Å². The molecule has 2 rings (SSSR count). The van der Waals surface area contributed by atoms with E-state index in [4.69, 9.17) is 9.16 Å². The summed E-state index contributed by atoms with van der Waals surface area (Å²) in [4.78, 5) is 14.6. The maximum atomic E-state index is 12.7. The third kappa shape index (κ3) is 7.21. The molecule has 174 valence electrons. The molecule has 0 spiro atoms. The summed E-state index contributed by atoms with van der Waals surface area (Å²) in [6.45, 7) is 17.0. The Morgan fingerprint density at radius 1 is 1.19 bits per heavy atom. The van der Waals surface area contributed by atoms with Crippen molar-refractivity contribution >= 4 is 14.4 Å². The highest BCUT2D eigenvalue weighted by molar-refractivity contribution is 6.74. The third-order valence-electron chi connectivity index (χ3n) is 7.33. The molecule has 0 heterocycles. The molecule has 1 amide bonds. The Labute approximate surface area is 191 Å². The van der Waals surface area contributed by atoms with E-state index in [-0.39, 0.29) is 17.2 Å². The van der Waals surface area contributed by atoms with Crippen molar-refractivity contribution in [1.29, 1.82) is 0 Å². The van der Waals surface area contributed by atoms with E-state index in [0.717, 1.165) is 44.3 Å². The Balaban J connectivity index is 2.02. The van der Waals surface area contributed by atoms with Crippen molar-refractivity contribution in [2.75, 3.05) is 13.7 Å². The molecule has 1 saturated carbocycles. The molecule has 1 aliphatic carbocycles. The number of carbonyl (C=O) groups excluding carboxylic acids is 1. The number of hydrogen-bond acceptors (Lipinski definition) is 3. The second-order valence-corrected chi connectivity index (χ2v) is 15.3. The Kier molecular flexibility index (Phi) is 9.38. The minimum atomic E-state index is -1.70. The molecule has 0 N–H and O–H groups in total. The average molecular weight is 446 g/mol. The van der Waals surface area contributed by atoms with Gasteiger partial charge in [-0.3, -0.25) is 0 Å². The molecular weight excluding hydrogens is 402 g/mol. The topological polar surface area (TPSA) is 38.8 Å². The minimum absolute atomic E-state index is 0.118. The van der Waals surface area contributed by atoms with Crippen molar-refractivity contribution in [2.45, 2.75) is 83.6 Å². The fourth-order valence-corrected chi connectivity index (χ4v) is 5.33. The van der Waals surface area contributed by atoms with Gasteiger partial charge in [-0.1, -0.05) is 57.2 Å². The molecule has 1 aliphatic rings. The van der Waals surface area contributed by atoms with E-state index < -0.39 is 8.32 Å². The minimum Gasteiger partial charge on any atom is -0.453 e. The normalized spacial score (nSPS) is 20.7. The second-order valence-electron chi connectivity index (χ2n) is 10.5. The lowest BCUT2D eigenvalue weighted by atomic mass is 9.77. The van der Waals surface area contributed by atoms with Crippen molar-refractivity contribution < 1.29 is 14.0 Å². The van der Waals surface area contributed by atoms with Crippen molar-refractivity contribution in [3.8, 4) is 0 Å². The summed E-state index contributed by atoms with van der Waals surface area (Å²) in [5.74, 6) is 1.08. The lowest BCUT2D eigenvalue weighted by Gasteiger charge is -2.41. The first kappa shape index (κ1) is 25.7. The molecule has 1 aromatic rings. The van der Waals surface area contributed by atoms with Crippen LogP contribution >= 0.6 is 0 Å². The second kappa shape index (κ2) is 11.3. The molecule has 1 fully saturated rings. The van der Waals surface area contributed by atoms with E-state index in [9.17, 15) is 4.79 Å². The van der Waals surface area contributed by atoms with Crippen LogP contribution in [0.5, 0.6) is 0 Å². The van der Waals surface area contributed by atoms with Gasteiger partial charge in [0.2, 0.25) is 0 Å². The van der Waals surface area contributed by atoms with E-state index in [1.165, 1.54) is 7.11 Å². The zero-order valence-corrected chi connectivity index (χ0v) is 21.5. The maximum Gasteiger partial charge on any atom is 0.410 e. The predicted octanol–water partition coefficient (Wildman–Crippen LogP) is 7.03. The van der Waals surface area contributed by atoms with Crippen LogP contribution in [0, 0.1) is 11.8 Å². The highest BCUT2D eigenvalue weighted by Gasteiger charge is 2.39. The van der Waals surface area contributed by atoms with Gasteiger partial charge in [-0.2, -0.15) is 0 Å². The van der Waals surface area contributed by atoms with Crippen molar-refractivity contribution in [3.63, 3.8) is 0 Å². The summed E-state index contributed by atoms with van der Waals surface area (Å²) in [5.41, 5.74) is 1.12. The van der Waals surface area contributed by atoms with Crippen LogP contribution in [-0.2, 0) is 15.7 Å². The van der Waals surface area contributed by atoms with Crippen LogP contribution in [0.25, 0.3) is 0 Å². The molecule has 0 radical (unpaired) electrons. The monoisotopic (exact) mass is 445 g/mol. The van der Waals surface area contributed by atoms with Crippen LogP contribution in [0.15, 0.2) is 43.0 Å². The first-order chi connectivity index (χ1) is 14.6. The first-order valence-corrected chi connectivity index (χ1v) is 14.6. The Morgan fingerprint density at radius 3 is 2.32 bits per heavy atom. The summed E-state index contributed by atoms with van der Waals surface area (Å²) in [6, 6.07) is 10.3. The largest absolute Gasteiger partial charge is 0.453 e. The SMILES string of the molecule is C=CC[C@H](C1CCC(CO[Si](C)(C)C(C)(C)C)CC1)N(Cc1ccccc1)C(=O)OC. The number of hydrogen-bond donors (Lipinski definition) is 0. The van der Waals surface area contributed by atoms with Gasteiger partial charge in [-0.15, -0.1) is 6.58 Å². The van der Waals surface area contributed by atoms with Gasteiger partial charge in [0.1, 0.15) is 0 Å². The van der Waals surface area contributed by atoms with Crippen LogP contribution < -0.4 is 0 Å². The highest BCUT2D eigenvalue weighted by atomic mass is 28.4. The Bertz CT molecular complexity index is 690. The molecule has 1 atom stereocenters. The molecule has 0 aromatic heterocycles. The molecule has 0 aliphatic heterocycles. The number of rotatable bonds is 9. The fourth-order valence-electron chi connectivity index (χ4n) is 4.24. The molecule has 0 unspecified atom stereocenters. The summed E-state index contributed by atoms with van der Waals surface area (Å²) in [7, 11) is -0.231. The van der Waals surface area contributed by atoms with E-state index in [2.05, 4.69) is 52.6 Å². The van der Waals surface area contributed by atoms with Crippen LogP contribution in [0.4, 0.5) is 4.79 Å². The summed E-state index contributed by atoms with van der Waals surface area (Å²) >= 11 is 0. The molecule has 1 aromatic carbocycles. The lowest BCUT2D eigenvalue weighted by Crippen LogP contribution is -2.45. The zero-order chi connectivity index (χ0) is 23.1. The lowest BCUT2D eigenvalue weighted by molar-refractivity contribution is 0.0659. The van der Waals surface area contributed by atoms with Gasteiger partial charge in [-0.05, 0) is 67.6 Å². The first-order valence-electron chi connectivity index (χ1n) is 11.7. The number of amides is 1. The van der Waals surface area contributed by atoms with Gasteiger partial charge in [0.25, 0.3) is 0 Å². The molecular formula is C26H43NO3Si. The predicted molar refractivity (Wildman–Crippen MR) is 132 cm³/mol. The highest BCUT2D eigenvalue weighted by Crippen LogP contribution is 2.39. The fraction of sp³-hybridized carbons (Fsp3) is 0.654. The van der Waals surface area contributed by atoms with Crippen LogP contribution in [-0.4, -0.2) is 39.1 Å². The summed E-state index contributed by atoms with van der Waals surface area (Å²) < 4.78 is 11.7. The molecule has 4 nitrogen and oxygen atoms in total. The smallest absolute Gasteiger partial charge is 0.410 e. The van der Waals surface area contributed by atoms with Crippen LogP contribution in [0.2, 0.25) is 18.1 Å². The number of ether oxygens (including phenoxy) is 1.